The number of rotatable bonds is 5. The van der Waals surface area contributed by atoms with E-state index < -0.39 is 0 Å². The van der Waals surface area contributed by atoms with E-state index in [0.29, 0.717) is 5.92 Å². The first kappa shape index (κ1) is 14.3. The molecule has 0 aromatic heterocycles. The Morgan fingerprint density at radius 3 is 2.83 bits per heavy atom. The summed E-state index contributed by atoms with van der Waals surface area (Å²) < 4.78 is 5.58. The highest BCUT2D eigenvalue weighted by Crippen LogP contribution is 2.32. The molecule has 0 aromatic carbocycles. The van der Waals surface area contributed by atoms with E-state index in [0.717, 1.165) is 37.2 Å². The highest BCUT2D eigenvalue weighted by molar-refractivity contribution is 9.09. The zero-order valence-corrected chi connectivity index (χ0v) is 12.7. The van der Waals surface area contributed by atoms with Crippen LogP contribution in [0.1, 0.15) is 39.0 Å². The molecule has 18 heavy (non-hydrogen) atoms. The summed E-state index contributed by atoms with van der Waals surface area (Å²) in [6, 6.07) is 0. The molecule has 4 atom stereocenters. The van der Waals surface area contributed by atoms with Crippen LogP contribution in [0.3, 0.4) is 0 Å². The van der Waals surface area contributed by atoms with E-state index in [1.54, 1.807) is 0 Å². The zero-order chi connectivity index (χ0) is 13.0. The molecule has 104 valence electrons. The number of ether oxygens (including phenoxy) is 1. The molecule has 2 fully saturated rings. The van der Waals surface area contributed by atoms with E-state index >= 15 is 0 Å². The number of alkyl halides is 1. The van der Waals surface area contributed by atoms with Gasteiger partial charge in [-0.25, -0.2) is 0 Å². The Hall–Kier alpha value is -0.0900. The van der Waals surface area contributed by atoms with Crippen molar-refractivity contribution in [3.05, 3.63) is 0 Å². The average molecular weight is 318 g/mol. The number of halogens is 1. The van der Waals surface area contributed by atoms with Crippen molar-refractivity contribution in [1.29, 1.82) is 0 Å². The van der Waals surface area contributed by atoms with Crippen LogP contribution in [0.4, 0.5) is 0 Å². The van der Waals surface area contributed by atoms with Gasteiger partial charge < -0.3 is 10.1 Å². The van der Waals surface area contributed by atoms with Gasteiger partial charge in [-0.3, -0.25) is 4.79 Å². The second kappa shape index (κ2) is 6.90. The van der Waals surface area contributed by atoms with Crippen LogP contribution in [0.2, 0.25) is 0 Å². The molecular weight excluding hydrogens is 294 g/mol. The molecule has 1 saturated heterocycles. The lowest BCUT2D eigenvalue weighted by Gasteiger charge is -2.21. The fraction of sp³-hybridized carbons (Fsp3) is 0.929. The second-order valence-electron chi connectivity index (χ2n) is 5.56. The average Bonchev–Trinajstić information content (AvgIpc) is 3.03. The minimum absolute atomic E-state index is 0.0822. The highest BCUT2D eigenvalue weighted by Gasteiger charge is 2.33. The van der Waals surface area contributed by atoms with E-state index in [2.05, 4.69) is 28.2 Å². The van der Waals surface area contributed by atoms with Gasteiger partial charge in [-0.15, -0.1) is 0 Å². The first-order valence-electron chi connectivity index (χ1n) is 7.21. The lowest BCUT2D eigenvalue weighted by Crippen LogP contribution is -2.38. The van der Waals surface area contributed by atoms with Crippen LogP contribution in [0, 0.1) is 17.8 Å². The molecule has 1 aliphatic carbocycles. The van der Waals surface area contributed by atoms with Gasteiger partial charge in [0.25, 0.3) is 0 Å². The molecule has 1 N–H and O–H groups in total. The summed E-state index contributed by atoms with van der Waals surface area (Å²) in [6.45, 7) is 3.68. The predicted molar refractivity (Wildman–Crippen MR) is 75.8 cm³/mol. The van der Waals surface area contributed by atoms with Gasteiger partial charge in [-0.05, 0) is 37.5 Å². The van der Waals surface area contributed by atoms with Gasteiger partial charge in [0.15, 0.2) is 0 Å². The van der Waals surface area contributed by atoms with Crippen LogP contribution < -0.4 is 5.32 Å². The van der Waals surface area contributed by atoms with Crippen molar-refractivity contribution in [2.24, 2.45) is 17.8 Å². The van der Waals surface area contributed by atoms with Crippen molar-refractivity contribution in [2.75, 3.05) is 18.5 Å². The fourth-order valence-corrected chi connectivity index (χ4v) is 4.15. The Balaban J connectivity index is 1.77. The van der Waals surface area contributed by atoms with Crippen molar-refractivity contribution < 1.29 is 9.53 Å². The summed E-state index contributed by atoms with van der Waals surface area (Å²) >= 11 is 3.58. The van der Waals surface area contributed by atoms with Gasteiger partial charge in [0, 0.05) is 18.5 Å². The fourth-order valence-electron chi connectivity index (χ4n) is 3.30. The van der Waals surface area contributed by atoms with Gasteiger partial charge in [0.05, 0.1) is 12.0 Å². The Bertz CT molecular complexity index is 285. The number of hydrogen-bond acceptors (Lipinski definition) is 2. The molecule has 0 bridgehead atoms. The molecule has 2 aliphatic rings. The second-order valence-corrected chi connectivity index (χ2v) is 6.21. The van der Waals surface area contributed by atoms with Crippen molar-refractivity contribution in [3.8, 4) is 0 Å². The summed E-state index contributed by atoms with van der Waals surface area (Å²) in [7, 11) is 0. The first-order valence-corrected chi connectivity index (χ1v) is 8.33. The van der Waals surface area contributed by atoms with Gasteiger partial charge in [-0.2, -0.15) is 0 Å². The summed E-state index contributed by atoms with van der Waals surface area (Å²) in [5.41, 5.74) is 0. The molecule has 4 heteroatoms. The molecule has 1 heterocycles. The maximum absolute atomic E-state index is 12.2. The SMILES string of the molecule is CCC1OCCC1C(=O)NCC1CCCC1CBr. The number of carbonyl (C=O) groups excluding carboxylic acids is 1. The zero-order valence-electron chi connectivity index (χ0n) is 11.2. The Morgan fingerprint density at radius 1 is 1.33 bits per heavy atom. The van der Waals surface area contributed by atoms with E-state index in [4.69, 9.17) is 4.74 Å². The van der Waals surface area contributed by atoms with Crippen LogP contribution in [-0.4, -0.2) is 30.5 Å². The van der Waals surface area contributed by atoms with Crippen LogP contribution in [0.15, 0.2) is 0 Å². The summed E-state index contributed by atoms with van der Waals surface area (Å²) in [5, 5.41) is 4.22. The third kappa shape index (κ3) is 3.27. The topological polar surface area (TPSA) is 38.3 Å². The van der Waals surface area contributed by atoms with Crippen molar-refractivity contribution in [1.82, 2.24) is 5.32 Å². The standard InChI is InChI=1S/C14H24BrNO2/c1-2-13-12(6-7-18-13)14(17)16-9-11-5-3-4-10(11)8-15/h10-13H,2-9H2,1H3,(H,16,17). The third-order valence-electron chi connectivity index (χ3n) is 4.50. The molecule has 0 aromatic rings. The van der Waals surface area contributed by atoms with Gasteiger partial charge >= 0.3 is 0 Å². The molecule has 0 radical (unpaired) electrons. The lowest BCUT2D eigenvalue weighted by molar-refractivity contribution is -0.126. The van der Waals surface area contributed by atoms with E-state index in [1.807, 2.05) is 0 Å². The monoisotopic (exact) mass is 317 g/mol. The Morgan fingerprint density at radius 2 is 2.11 bits per heavy atom. The molecular formula is C14H24BrNO2. The summed E-state index contributed by atoms with van der Waals surface area (Å²) in [5.74, 6) is 1.70. The Kier molecular flexibility index (Phi) is 5.49. The molecule has 1 amide bonds. The first-order chi connectivity index (χ1) is 8.76. The van der Waals surface area contributed by atoms with E-state index in [9.17, 15) is 4.79 Å². The van der Waals surface area contributed by atoms with Gasteiger partial charge in [0.2, 0.25) is 5.91 Å². The largest absolute Gasteiger partial charge is 0.377 e. The summed E-state index contributed by atoms with van der Waals surface area (Å²) in [6.07, 6.45) is 5.83. The van der Waals surface area contributed by atoms with Gasteiger partial charge in [0.1, 0.15) is 0 Å². The third-order valence-corrected chi connectivity index (χ3v) is 5.33. The molecule has 3 nitrogen and oxygen atoms in total. The van der Waals surface area contributed by atoms with Crippen molar-refractivity contribution in [3.63, 3.8) is 0 Å². The predicted octanol–water partition coefficient (Wildman–Crippen LogP) is 2.73. The maximum Gasteiger partial charge on any atom is 0.225 e. The normalized spacial score (nSPS) is 35.9. The molecule has 0 spiro atoms. The summed E-state index contributed by atoms with van der Waals surface area (Å²) in [4.78, 5) is 12.2. The van der Waals surface area contributed by atoms with Crippen molar-refractivity contribution in [2.45, 2.75) is 45.1 Å². The smallest absolute Gasteiger partial charge is 0.225 e. The van der Waals surface area contributed by atoms with Gasteiger partial charge in [-0.1, -0.05) is 29.3 Å². The maximum atomic E-state index is 12.2. The molecule has 1 saturated carbocycles. The van der Waals surface area contributed by atoms with Crippen LogP contribution in [0.25, 0.3) is 0 Å². The quantitative estimate of drug-likeness (QED) is 0.792. The Labute approximate surface area is 118 Å². The van der Waals surface area contributed by atoms with Crippen LogP contribution in [-0.2, 0) is 9.53 Å². The van der Waals surface area contributed by atoms with Crippen LogP contribution >= 0.6 is 15.9 Å². The number of hydrogen-bond donors (Lipinski definition) is 1. The van der Waals surface area contributed by atoms with Crippen molar-refractivity contribution >= 4 is 21.8 Å². The van der Waals surface area contributed by atoms with E-state index in [1.165, 1.54) is 19.3 Å². The number of nitrogens with one attached hydrogen (secondary N) is 1. The molecule has 2 rings (SSSR count). The minimum atomic E-state index is 0.0822. The molecule has 4 unspecified atom stereocenters. The number of carbonyl (C=O) groups is 1. The highest BCUT2D eigenvalue weighted by atomic mass is 79.9. The van der Waals surface area contributed by atoms with E-state index in [-0.39, 0.29) is 17.9 Å². The number of amides is 1. The minimum Gasteiger partial charge on any atom is -0.377 e. The van der Waals surface area contributed by atoms with Crippen LogP contribution in [0.5, 0.6) is 0 Å². The molecule has 1 aliphatic heterocycles. The lowest BCUT2D eigenvalue weighted by atomic mass is 9.96.